The number of hydrogen-bond donors (Lipinski definition) is 1. The summed E-state index contributed by atoms with van der Waals surface area (Å²) in [4.78, 5) is 2.42. The molecule has 0 aliphatic carbocycles. The van der Waals surface area contributed by atoms with Gasteiger partial charge in [-0.3, -0.25) is 0 Å². The zero-order valence-corrected chi connectivity index (χ0v) is 11.6. The van der Waals surface area contributed by atoms with Crippen LogP contribution < -0.4 is 5.73 Å². The molecule has 1 aliphatic rings. The molecule has 3 nitrogen and oxygen atoms in total. The third-order valence-electron chi connectivity index (χ3n) is 3.44. The Bertz CT molecular complexity index is 192. The number of rotatable bonds is 7. The molecule has 1 saturated heterocycles. The van der Waals surface area contributed by atoms with Gasteiger partial charge in [0, 0.05) is 19.1 Å². The first-order valence-corrected chi connectivity index (χ1v) is 7.61. The standard InChI is InChI=1S/C12H26N2OS/c1-10(6-7-16-3)14(2)9-12-5-4-11(8-13)15-12/h10-12H,4-9,13H2,1-3H3. The third kappa shape index (κ3) is 4.62. The maximum Gasteiger partial charge on any atom is 0.0707 e. The molecule has 1 fully saturated rings. The Balaban J connectivity index is 2.20. The lowest BCUT2D eigenvalue weighted by Crippen LogP contribution is -2.36. The topological polar surface area (TPSA) is 38.5 Å². The van der Waals surface area contributed by atoms with Crippen molar-refractivity contribution in [1.82, 2.24) is 4.90 Å². The van der Waals surface area contributed by atoms with Crippen molar-refractivity contribution >= 4 is 11.8 Å². The molecule has 1 rings (SSSR count). The van der Waals surface area contributed by atoms with Crippen LogP contribution in [0.1, 0.15) is 26.2 Å². The minimum absolute atomic E-state index is 0.305. The maximum atomic E-state index is 5.86. The quantitative estimate of drug-likeness (QED) is 0.740. The predicted molar refractivity (Wildman–Crippen MR) is 72.0 cm³/mol. The summed E-state index contributed by atoms with van der Waals surface area (Å²) in [6.07, 6.45) is 6.43. The summed E-state index contributed by atoms with van der Waals surface area (Å²) in [5.74, 6) is 1.24. The fraction of sp³-hybridized carbons (Fsp3) is 1.00. The highest BCUT2D eigenvalue weighted by Gasteiger charge is 2.25. The maximum absolute atomic E-state index is 5.86. The molecule has 3 unspecified atom stereocenters. The largest absolute Gasteiger partial charge is 0.372 e. The zero-order valence-electron chi connectivity index (χ0n) is 10.8. The molecule has 16 heavy (non-hydrogen) atoms. The summed E-state index contributed by atoms with van der Waals surface area (Å²) >= 11 is 1.92. The Hall–Kier alpha value is 0.230. The second-order valence-electron chi connectivity index (χ2n) is 4.76. The van der Waals surface area contributed by atoms with E-state index < -0.39 is 0 Å². The summed E-state index contributed by atoms with van der Waals surface area (Å²) in [5, 5.41) is 0. The van der Waals surface area contributed by atoms with Gasteiger partial charge in [0.25, 0.3) is 0 Å². The van der Waals surface area contributed by atoms with Gasteiger partial charge in [-0.25, -0.2) is 0 Å². The van der Waals surface area contributed by atoms with E-state index in [2.05, 4.69) is 25.1 Å². The van der Waals surface area contributed by atoms with Crippen molar-refractivity contribution in [3.05, 3.63) is 0 Å². The van der Waals surface area contributed by atoms with Crippen molar-refractivity contribution in [3.63, 3.8) is 0 Å². The number of nitrogens with two attached hydrogens (primary N) is 1. The summed E-state index contributed by atoms with van der Waals surface area (Å²) in [5.41, 5.74) is 5.61. The van der Waals surface area contributed by atoms with E-state index in [0.717, 1.165) is 13.0 Å². The van der Waals surface area contributed by atoms with E-state index in [1.54, 1.807) is 0 Å². The van der Waals surface area contributed by atoms with Gasteiger partial charge in [-0.15, -0.1) is 0 Å². The predicted octanol–water partition coefficient (Wildman–Crippen LogP) is 1.57. The summed E-state index contributed by atoms with van der Waals surface area (Å²) < 4.78 is 5.86. The molecule has 4 heteroatoms. The molecule has 0 aromatic heterocycles. The number of nitrogens with zero attached hydrogens (tertiary/aromatic N) is 1. The van der Waals surface area contributed by atoms with Crippen LogP contribution in [0.5, 0.6) is 0 Å². The van der Waals surface area contributed by atoms with Crippen LogP contribution >= 0.6 is 11.8 Å². The van der Waals surface area contributed by atoms with E-state index >= 15 is 0 Å². The Kier molecular flexibility index (Phi) is 6.73. The van der Waals surface area contributed by atoms with Gasteiger partial charge >= 0.3 is 0 Å². The van der Waals surface area contributed by atoms with Crippen molar-refractivity contribution in [1.29, 1.82) is 0 Å². The lowest BCUT2D eigenvalue weighted by Gasteiger charge is -2.27. The lowest BCUT2D eigenvalue weighted by molar-refractivity contribution is 0.0253. The Morgan fingerprint density at radius 1 is 1.44 bits per heavy atom. The smallest absolute Gasteiger partial charge is 0.0707 e. The Morgan fingerprint density at radius 3 is 2.69 bits per heavy atom. The summed E-state index contributed by atoms with van der Waals surface area (Å²) in [7, 11) is 2.20. The van der Waals surface area contributed by atoms with Crippen LogP contribution in [0.4, 0.5) is 0 Å². The highest BCUT2D eigenvalue weighted by molar-refractivity contribution is 7.98. The van der Waals surface area contributed by atoms with Crippen LogP contribution in [-0.2, 0) is 4.74 Å². The van der Waals surface area contributed by atoms with Crippen LogP contribution in [0.3, 0.4) is 0 Å². The van der Waals surface area contributed by atoms with Gasteiger partial charge in [-0.2, -0.15) is 11.8 Å². The molecule has 0 aromatic carbocycles. The minimum Gasteiger partial charge on any atom is -0.372 e. The summed E-state index contributed by atoms with van der Waals surface area (Å²) in [6, 6.07) is 0.646. The van der Waals surface area contributed by atoms with Gasteiger partial charge in [-0.1, -0.05) is 0 Å². The highest BCUT2D eigenvalue weighted by atomic mass is 32.2. The molecule has 0 bridgehead atoms. The third-order valence-corrected chi connectivity index (χ3v) is 4.09. The molecule has 0 saturated carbocycles. The van der Waals surface area contributed by atoms with Crippen LogP contribution in [0.25, 0.3) is 0 Å². The molecule has 96 valence electrons. The van der Waals surface area contributed by atoms with E-state index in [4.69, 9.17) is 10.5 Å². The molecule has 0 aromatic rings. The molecular formula is C12H26N2OS. The SMILES string of the molecule is CSCCC(C)N(C)CC1CCC(CN)O1. The van der Waals surface area contributed by atoms with Gasteiger partial charge in [0.1, 0.15) is 0 Å². The fourth-order valence-electron chi connectivity index (χ4n) is 2.10. The highest BCUT2D eigenvalue weighted by Crippen LogP contribution is 2.20. The van der Waals surface area contributed by atoms with Gasteiger partial charge in [-0.05, 0) is 45.2 Å². The second kappa shape index (κ2) is 7.54. The Labute approximate surface area is 104 Å². The molecule has 2 N–H and O–H groups in total. The van der Waals surface area contributed by atoms with Crippen molar-refractivity contribution < 1.29 is 4.74 Å². The fourth-order valence-corrected chi connectivity index (χ4v) is 2.67. The van der Waals surface area contributed by atoms with E-state index in [9.17, 15) is 0 Å². The van der Waals surface area contributed by atoms with Crippen LogP contribution in [-0.4, -0.2) is 55.3 Å². The van der Waals surface area contributed by atoms with Crippen molar-refractivity contribution in [3.8, 4) is 0 Å². The summed E-state index contributed by atoms with van der Waals surface area (Å²) in [6.45, 7) is 4.01. The van der Waals surface area contributed by atoms with E-state index in [1.807, 2.05) is 11.8 Å². The number of hydrogen-bond acceptors (Lipinski definition) is 4. The average molecular weight is 246 g/mol. The number of ether oxygens (including phenoxy) is 1. The molecule has 1 heterocycles. The monoisotopic (exact) mass is 246 g/mol. The van der Waals surface area contributed by atoms with Gasteiger partial charge in [0.05, 0.1) is 12.2 Å². The van der Waals surface area contributed by atoms with Crippen molar-refractivity contribution in [2.45, 2.75) is 44.4 Å². The van der Waals surface area contributed by atoms with Gasteiger partial charge in [0.2, 0.25) is 0 Å². The van der Waals surface area contributed by atoms with E-state index in [-0.39, 0.29) is 0 Å². The van der Waals surface area contributed by atoms with Gasteiger partial charge < -0.3 is 15.4 Å². The second-order valence-corrected chi connectivity index (χ2v) is 5.75. The van der Waals surface area contributed by atoms with Crippen LogP contribution in [0.2, 0.25) is 0 Å². The van der Waals surface area contributed by atoms with E-state index in [1.165, 1.54) is 18.6 Å². The minimum atomic E-state index is 0.305. The molecule has 0 radical (unpaired) electrons. The molecular weight excluding hydrogens is 220 g/mol. The Morgan fingerprint density at radius 2 is 2.12 bits per heavy atom. The molecule has 1 aliphatic heterocycles. The first-order chi connectivity index (χ1) is 7.67. The molecule has 0 amide bonds. The normalized spacial score (nSPS) is 27.6. The zero-order chi connectivity index (χ0) is 12.0. The van der Waals surface area contributed by atoms with Gasteiger partial charge in [0.15, 0.2) is 0 Å². The van der Waals surface area contributed by atoms with Crippen LogP contribution in [0.15, 0.2) is 0 Å². The van der Waals surface area contributed by atoms with Crippen LogP contribution in [0, 0.1) is 0 Å². The van der Waals surface area contributed by atoms with Crippen molar-refractivity contribution in [2.75, 3.05) is 32.1 Å². The number of likely N-dealkylation sites (N-methyl/N-ethyl adjacent to an activating group) is 1. The van der Waals surface area contributed by atoms with Crippen molar-refractivity contribution in [2.24, 2.45) is 5.73 Å². The average Bonchev–Trinajstić information content (AvgIpc) is 2.73. The number of thioether (sulfide) groups is 1. The lowest BCUT2D eigenvalue weighted by atomic mass is 10.1. The first-order valence-electron chi connectivity index (χ1n) is 6.22. The molecule has 0 spiro atoms. The molecule has 3 atom stereocenters. The van der Waals surface area contributed by atoms with E-state index in [0.29, 0.717) is 24.8 Å². The first kappa shape index (κ1) is 14.3.